The van der Waals surface area contributed by atoms with E-state index in [2.05, 4.69) is 19.1 Å². The van der Waals surface area contributed by atoms with Crippen LogP contribution in [0, 0.1) is 6.92 Å². The molecule has 1 fully saturated rings. The van der Waals surface area contributed by atoms with Crippen molar-refractivity contribution in [3.05, 3.63) is 35.4 Å². The highest BCUT2D eigenvalue weighted by Crippen LogP contribution is 2.45. The molecule has 0 aromatic heterocycles. The van der Waals surface area contributed by atoms with Gasteiger partial charge < -0.3 is 10.8 Å². The molecule has 0 spiro atoms. The minimum absolute atomic E-state index is 0.0247. The average Bonchev–Trinajstić information content (AvgIpc) is 2.79. The van der Waals surface area contributed by atoms with E-state index in [0.29, 0.717) is 6.42 Å². The molecule has 1 unspecified atom stereocenters. The summed E-state index contributed by atoms with van der Waals surface area (Å²) in [7, 11) is 0. The van der Waals surface area contributed by atoms with Gasteiger partial charge in [-0.25, -0.2) is 0 Å². The minimum Gasteiger partial charge on any atom is -0.480 e. The van der Waals surface area contributed by atoms with Crippen molar-refractivity contribution >= 4 is 5.97 Å². The molecule has 1 saturated carbocycles. The lowest BCUT2D eigenvalue weighted by Gasteiger charge is -2.32. The molecule has 1 aromatic carbocycles. The summed E-state index contributed by atoms with van der Waals surface area (Å²) in [6.07, 6.45) is 4.99. The molecule has 3 heteroatoms. The summed E-state index contributed by atoms with van der Waals surface area (Å²) in [6, 6.07) is 7.53. The molecule has 98 valence electrons. The third kappa shape index (κ3) is 2.41. The maximum Gasteiger partial charge on any atom is 0.320 e. The molecule has 1 aliphatic rings. The summed E-state index contributed by atoms with van der Waals surface area (Å²) in [4.78, 5) is 11.0. The van der Waals surface area contributed by atoms with Crippen LogP contribution in [0.3, 0.4) is 0 Å². The first kappa shape index (κ1) is 13.1. The van der Waals surface area contributed by atoms with E-state index < -0.39 is 12.0 Å². The predicted octanol–water partition coefficient (Wildman–Crippen LogP) is 2.61. The van der Waals surface area contributed by atoms with Gasteiger partial charge in [0.2, 0.25) is 0 Å². The number of hydrogen-bond donors (Lipinski definition) is 2. The molecule has 3 N–H and O–H groups in total. The van der Waals surface area contributed by atoms with Crippen LogP contribution >= 0.6 is 0 Å². The van der Waals surface area contributed by atoms with Crippen molar-refractivity contribution in [3.8, 4) is 0 Å². The quantitative estimate of drug-likeness (QED) is 0.859. The Kier molecular flexibility index (Phi) is 3.71. The van der Waals surface area contributed by atoms with Crippen LogP contribution in [0.2, 0.25) is 0 Å². The summed E-state index contributed by atoms with van der Waals surface area (Å²) < 4.78 is 0. The van der Waals surface area contributed by atoms with Crippen molar-refractivity contribution < 1.29 is 9.90 Å². The number of aliphatic carboxylic acids is 1. The van der Waals surface area contributed by atoms with Gasteiger partial charge in [0, 0.05) is 0 Å². The number of hydrogen-bond acceptors (Lipinski definition) is 2. The summed E-state index contributed by atoms with van der Waals surface area (Å²) in [6.45, 7) is 2.10. The minimum atomic E-state index is -0.894. The van der Waals surface area contributed by atoms with Crippen LogP contribution in [0.4, 0.5) is 0 Å². The fourth-order valence-electron chi connectivity index (χ4n) is 3.31. The molecule has 1 atom stereocenters. The summed E-state index contributed by atoms with van der Waals surface area (Å²) in [5.74, 6) is -0.894. The molecule has 0 aliphatic heterocycles. The maximum absolute atomic E-state index is 11.0. The van der Waals surface area contributed by atoms with Gasteiger partial charge in [-0.2, -0.15) is 0 Å². The first-order valence-corrected chi connectivity index (χ1v) is 6.60. The van der Waals surface area contributed by atoms with E-state index in [4.69, 9.17) is 10.8 Å². The third-order valence-electron chi connectivity index (χ3n) is 4.20. The van der Waals surface area contributed by atoms with E-state index >= 15 is 0 Å². The molecule has 1 aromatic rings. The lowest BCUT2D eigenvalue weighted by Crippen LogP contribution is -2.38. The first-order chi connectivity index (χ1) is 8.55. The number of nitrogens with two attached hydrogens (primary N) is 1. The number of rotatable bonds is 4. The zero-order chi connectivity index (χ0) is 13.2. The molecule has 1 aliphatic carbocycles. The van der Waals surface area contributed by atoms with Gasteiger partial charge in [0.15, 0.2) is 0 Å². The highest BCUT2D eigenvalue weighted by Gasteiger charge is 2.39. The number of aryl methyl sites for hydroxylation is 1. The van der Waals surface area contributed by atoms with Gasteiger partial charge in [0.05, 0.1) is 0 Å². The maximum atomic E-state index is 11.0. The normalized spacial score (nSPS) is 19.7. The smallest absolute Gasteiger partial charge is 0.320 e. The van der Waals surface area contributed by atoms with Gasteiger partial charge in [0.1, 0.15) is 6.04 Å². The van der Waals surface area contributed by atoms with E-state index in [-0.39, 0.29) is 5.41 Å². The fourth-order valence-corrected chi connectivity index (χ4v) is 3.31. The Bertz CT molecular complexity index is 436. The Morgan fingerprint density at radius 3 is 2.56 bits per heavy atom. The Balaban J connectivity index is 2.33. The van der Waals surface area contributed by atoms with Crippen molar-refractivity contribution in [1.82, 2.24) is 0 Å². The van der Waals surface area contributed by atoms with Crippen LogP contribution in [0.15, 0.2) is 24.3 Å². The fraction of sp³-hybridized carbons (Fsp3) is 0.533. The second-order valence-electron chi connectivity index (χ2n) is 5.45. The average molecular weight is 247 g/mol. The highest BCUT2D eigenvalue weighted by molar-refractivity contribution is 5.73. The van der Waals surface area contributed by atoms with Gasteiger partial charge >= 0.3 is 5.97 Å². The van der Waals surface area contributed by atoms with Gasteiger partial charge in [-0.05, 0) is 42.7 Å². The van der Waals surface area contributed by atoms with Crippen molar-refractivity contribution in [3.63, 3.8) is 0 Å². The molecular formula is C15H21NO2. The topological polar surface area (TPSA) is 63.3 Å². The number of carboxylic acids is 1. The van der Waals surface area contributed by atoms with Crippen LogP contribution in [-0.4, -0.2) is 17.1 Å². The third-order valence-corrected chi connectivity index (χ3v) is 4.20. The van der Waals surface area contributed by atoms with Crippen LogP contribution < -0.4 is 5.73 Å². The molecule has 18 heavy (non-hydrogen) atoms. The van der Waals surface area contributed by atoms with Crippen molar-refractivity contribution in [1.29, 1.82) is 0 Å². The van der Waals surface area contributed by atoms with Crippen LogP contribution in [-0.2, 0) is 10.2 Å². The predicted molar refractivity (Wildman–Crippen MR) is 71.6 cm³/mol. The monoisotopic (exact) mass is 247 g/mol. The summed E-state index contributed by atoms with van der Waals surface area (Å²) in [5.41, 5.74) is 8.28. The van der Waals surface area contributed by atoms with Crippen LogP contribution in [0.25, 0.3) is 0 Å². The molecule has 0 amide bonds. The zero-order valence-electron chi connectivity index (χ0n) is 10.9. The van der Waals surface area contributed by atoms with Crippen molar-refractivity contribution in [2.24, 2.45) is 5.73 Å². The van der Waals surface area contributed by atoms with Crippen LogP contribution in [0.1, 0.15) is 43.2 Å². The van der Waals surface area contributed by atoms with E-state index in [1.807, 2.05) is 12.1 Å². The van der Waals surface area contributed by atoms with Gasteiger partial charge in [-0.3, -0.25) is 4.79 Å². The Morgan fingerprint density at radius 2 is 2.00 bits per heavy atom. The Hall–Kier alpha value is -1.35. The number of carboxylic acid groups (broad SMARTS) is 1. The summed E-state index contributed by atoms with van der Waals surface area (Å²) in [5, 5.41) is 9.05. The first-order valence-electron chi connectivity index (χ1n) is 6.60. The van der Waals surface area contributed by atoms with E-state index in [1.165, 1.54) is 24.0 Å². The van der Waals surface area contributed by atoms with Gasteiger partial charge in [-0.1, -0.05) is 37.1 Å². The SMILES string of the molecule is Cc1ccccc1C1(CC(N)C(=O)O)CCCC1. The van der Waals surface area contributed by atoms with Gasteiger partial charge in [0.25, 0.3) is 0 Å². The molecule has 0 heterocycles. The zero-order valence-corrected chi connectivity index (χ0v) is 10.9. The molecule has 3 nitrogen and oxygen atoms in total. The molecular weight excluding hydrogens is 226 g/mol. The standard InChI is InChI=1S/C15H21NO2/c1-11-6-2-3-7-12(11)15(8-4-5-9-15)10-13(16)14(17)18/h2-3,6-7,13H,4-5,8-10,16H2,1H3,(H,17,18). The summed E-state index contributed by atoms with van der Waals surface area (Å²) >= 11 is 0. The largest absolute Gasteiger partial charge is 0.480 e. The number of benzene rings is 1. The number of carbonyl (C=O) groups is 1. The van der Waals surface area contributed by atoms with Gasteiger partial charge in [-0.15, -0.1) is 0 Å². The van der Waals surface area contributed by atoms with E-state index in [1.54, 1.807) is 0 Å². The van der Waals surface area contributed by atoms with Crippen LogP contribution in [0.5, 0.6) is 0 Å². The molecule has 2 rings (SSSR count). The lowest BCUT2D eigenvalue weighted by molar-refractivity contribution is -0.139. The van der Waals surface area contributed by atoms with Crippen molar-refractivity contribution in [2.45, 2.75) is 50.5 Å². The Labute approximate surface area is 108 Å². The molecule has 0 saturated heterocycles. The Morgan fingerprint density at radius 1 is 1.39 bits per heavy atom. The second kappa shape index (κ2) is 5.11. The molecule has 0 radical (unpaired) electrons. The molecule has 0 bridgehead atoms. The van der Waals surface area contributed by atoms with Crippen molar-refractivity contribution in [2.75, 3.05) is 0 Å². The van der Waals surface area contributed by atoms with E-state index in [0.717, 1.165) is 12.8 Å². The van der Waals surface area contributed by atoms with E-state index in [9.17, 15) is 4.79 Å². The second-order valence-corrected chi connectivity index (χ2v) is 5.45. The highest BCUT2D eigenvalue weighted by atomic mass is 16.4. The lowest BCUT2D eigenvalue weighted by atomic mass is 9.72.